The first-order valence-electron chi connectivity index (χ1n) is 6.87. The first kappa shape index (κ1) is 14.6. The zero-order valence-corrected chi connectivity index (χ0v) is 12.2. The smallest absolute Gasteiger partial charge is 0.363 e. The van der Waals surface area contributed by atoms with Gasteiger partial charge in [-0.3, -0.25) is 10.1 Å². The summed E-state index contributed by atoms with van der Waals surface area (Å²) in [4.78, 5) is 26.5. The van der Waals surface area contributed by atoms with Crippen molar-refractivity contribution in [3.63, 3.8) is 0 Å². The van der Waals surface area contributed by atoms with Crippen LogP contribution in [0.3, 0.4) is 0 Å². The number of hydrogen-bond acceptors (Lipinski definition) is 5. The van der Waals surface area contributed by atoms with Crippen molar-refractivity contribution in [1.29, 1.82) is 0 Å². The molecule has 1 aliphatic rings. The van der Waals surface area contributed by atoms with Crippen LogP contribution in [-0.4, -0.2) is 16.8 Å². The Hall–Kier alpha value is -3.28. The first-order chi connectivity index (χ1) is 11.0. The number of hydrogen-bond donors (Lipinski definition) is 0. The minimum Gasteiger partial charge on any atom is -0.402 e. The Morgan fingerprint density at radius 2 is 1.96 bits per heavy atom. The molecule has 0 saturated carbocycles. The molecule has 3 rings (SSSR count). The number of non-ortho nitro benzene ring substituents is 1. The molecular weight excluding hydrogens is 296 g/mol. The van der Waals surface area contributed by atoms with Crippen LogP contribution in [0.5, 0.6) is 0 Å². The Morgan fingerprint density at radius 1 is 1.17 bits per heavy atom. The van der Waals surface area contributed by atoms with Gasteiger partial charge in [0.1, 0.15) is 0 Å². The molecule has 1 aliphatic heterocycles. The number of nitro groups is 1. The Kier molecular flexibility index (Phi) is 3.72. The van der Waals surface area contributed by atoms with E-state index in [4.69, 9.17) is 4.74 Å². The molecule has 0 atom stereocenters. The average molecular weight is 308 g/mol. The highest BCUT2D eigenvalue weighted by molar-refractivity contribution is 6.13. The Labute approximate surface area is 131 Å². The minimum absolute atomic E-state index is 0.0474. The van der Waals surface area contributed by atoms with Gasteiger partial charge in [0.15, 0.2) is 5.70 Å². The van der Waals surface area contributed by atoms with E-state index in [1.54, 1.807) is 12.1 Å². The summed E-state index contributed by atoms with van der Waals surface area (Å²) in [6.07, 6.45) is 1.47. The number of rotatable bonds is 3. The summed E-state index contributed by atoms with van der Waals surface area (Å²) >= 11 is 0. The van der Waals surface area contributed by atoms with Gasteiger partial charge >= 0.3 is 5.97 Å². The van der Waals surface area contributed by atoms with Gasteiger partial charge in [0.2, 0.25) is 5.90 Å². The molecular formula is C17H12N2O4. The van der Waals surface area contributed by atoms with E-state index in [-0.39, 0.29) is 17.3 Å². The summed E-state index contributed by atoms with van der Waals surface area (Å²) in [5.74, 6) is -0.334. The highest BCUT2D eigenvalue weighted by Crippen LogP contribution is 2.22. The van der Waals surface area contributed by atoms with Gasteiger partial charge in [-0.05, 0) is 30.2 Å². The molecule has 6 heteroatoms. The van der Waals surface area contributed by atoms with E-state index in [2.05, 4.69) is 4.99 Å². The van der Waals surface area contributed by atoms with Crippen molar-refractivity contribution in [3.05, 3.63) is 81.0 Å². The monoisotopic (exact) mass is 308 g/mol. The van der Waals surface area contributed by atoms with Gasteiger partial charge in [-0.25, -0.2) is 9.79 Å². The van der Waals surface area contributed by atoms with Crippen molar-refractivity contribution >= 4 is 23.6 Å². The third-order valence-electron chi connectivity index (χ3n) is 3.38. The zero-order chi connectivity index (χ0) is 16.4. The molecule has 114 valence electrons. The Morgan fingerprint density at radius 3 is 2.70 bits per heavy atom. The SMILES string of the molecule is Cc1ccccc1C1=N/C(=C/c2cccc([N+](=O)[O-])c2)C(=O)O1. The topological polar surface area (TPSA) is 81.8 Å². The highest BCUT2D eigenvalue weighted by atomic mass is 16.6. The van der Waals surface area contributed by atoms with Gasteiger partial charge in [-0.2, -0.15) is 0 Å². The fraction of sp³-hybridized carbons (Fsp3) is 0.0588. The molecule has 0 radical (unpaired) electrons. The number of ether oxygens (including phenoxy) is 1. The number of nitrogens with zero attached hydrogens (tertiary/aromatic N) is 2. The molecule has 6 nitrogen and oxygen atoms in total. The number of carbonyl (C=O) groups excluding carboxylic acids is 1. The van der Waals surface area contributed by atoms with E-state index in [9.17, 15) is 14.9 Å². The third kappa shape index (κ3) is 3.01. The van der Waals surface area contributed by atoms with Crippen LogP contribution in [0.1, 0.15) is 16.7 Å². The van der Waals surface area contributed by atoms with Gasteiger partial charge in [-0.1, -0.05) is 30.3 Å². The Balaban J connectivity index is 1.97. The predicted molar refractivity (Wildman–Crippen MR) is 84.9 cm³/mol. The standard InChI is InChI=1S/C17H12N2O4/c1-11-5-2-3-8-14(11)16-18-15(17(20)23-16)10-12-6-4-7-13(9-12)19(21)22/h2-10H,1H3/b15-10+. The molecule has 0 spiro atoms. The van der Waals surface area contributed by atoms with E-state index >= 15 is 0 Å². The lowest BCUT2D eigenvalue weighted by Gasteiger charge is -2.02. The van der Waals surface area contributed by atoms with Crippen LogP contribution in [0.15, 0.2) is 59.2 Å². The van der Waals surface area contributed by atoms with Crippen molar-refractivity contribution in [3.8, 4) is 0 Å². The van der Waals surface area contributed by atoms with Crippen LogP contribution < -0.4 is 0 Å². The summed E-state index contributed by atoms with van der Waals surface area (Å²) < 4.78 is 5.20. The zero-order valence-electron chi connectivity index (χ0n) is 12.2. The lowest BCUT2D eigenvalue weighted by Crippen LogP contribution is -2.06. The molecule has 0 N–H and O–H groups in total. The van der Waals surface area contributed by atoms with E-state index < -0.39 is 10.9 Å². The number of benzene rings is 2. The maximum Gasteiger partial charge on any atom is 0.363 e. The molecule has 0 fully saturated rings. The normalized spacial score (nSPS) is 15.4. The van der Waals surface area contributed by atoms with Crippen LogP contribution in [0, 0.1) is 17.0 Å². The average Bonchev–Trinajstić information content (AvgIpc) is 2.89. The van der Waals surface area contributed by atoms with Crippen LogP contribution >= 0.6 is 0 Å². The molecule has 23 heavy (non-hydrogen) atoms. The number of nitro benzene ring substituents is 1. The summed E-state index contributed by atoms with van der Waals surface area (Å²) in [6, 6.07) is 13.4. The number of aryl methyl sites for hydroxylation is 1. The van der Waals surface area contributed by atoms with Crippen molar-refractivity contribution in [2.45, 2.75) is 6.92 Å². The van der Waals surface area contributed by atoms with Crippen LogP contribution in [-0.2, 0) is 9.53 Å². The van der Waals surface area contributed by atoms with Gasteiger partial charge in [0.05, 0.1) is 4.92 Å². The number of carbonyl (C=O) groups is 1. The molecule has 1 heterocycles. The van der Waals surface area contributed by atoms with E-state index in [0.717, 1.165) is 11.1 Å². The number of cyclic esters (lactones) is 1. The van der Waals surface area contributed by atoms with E-state index in [1.807, 2.05) is 31.2 Å². The second-order valence-electron chi connectivity index (χ2n) is 5.00. The second-order valence-corrected chi connectivity index (χ2v) is 5.00. The van der Waals surface area contributed by atoms with Crippen LogP contribution in [0.4, 0.5) is 5.69 Å². The molecule has 2 aromatic carbocycles. The number of aliphatic imine (C=N–C) groups is 1. The quantitative estimate of drug-likeness (QED) is 0.377. The summed E-state index contributed by atoms with van der Waals surface area (Å²) in [7, 11) is 0. The summed E-state index contributed by atoms with van der Waals surface area (Å²) in [5, 5.41) is 10.8. The van der Waals surface area contributed by atoms with Gasteiger partial charge in [0.25, 0.3) is 5.69 Å². The maximum atomic E-state index is 12.0. The third-order valence-corrected chi connectivity index (χ3v) is 3.38. The molecule has 0 saturated heterocycles. The van der Waals surface area contributed by atoms with E-state index in [0.29, 0.717) is 5.56 Å². The second kappa shape index (κ2) is 5.84. The van der Waals surface area contributed by atoms with Gasteiger partial charge in [-0.15, -0.1) is 0 Å². The fourth-order valence-corrected chi connectivity index (χ4v) is 2.22. The molecule has 0 amide bonds. The van der Waals surface area contributed by atoms with E-state index in [1.165, 1.54) is 18.2 Å². The van der Waals surface area contributed by atoms with Gasteiger partial charge < -0.3 is 4.74 Å². The highest BCUT2D eigenvalue weighted by Gasteiger charge is 2.25. The Bertz CT molecular complexity index is 868. The maximum absolute atomic E-state index is 12.0. The largest absolute Gasteiger partial charge is 0.402 e. The molecule has 0 aliphatic carbocycles. The van der Waals surface area contributed by atoms with Crippen molar-refractivity contribution < 1.29 is 14.5 Å². The molecule has 0 aromatic heterocycles. The van der Waals surface area contributed by atoms with Crippen LogP contribution in [0.2, 0.25) is 0 Å². The predicted octanol–water partition coefficient (Wildman–Crippen LogP) is 3.25. The van der Waals surface area contributed by atoms with Crippen molar-refractivity contribution in [2.24, 2.45) is 4.99 Å². The first-order valence-corrected chi connectivity index (χ1v) is 6.87. The minimum atomic E-state index is -0.574. The molecule has 0 bridgehead atoms. The lowest BCUT2D eigenvalue weighted by molar-refractivity contribution is -0.384. The lowest BCUT2D eigenvalue weighted by atomic mass is 10.1. The van der Waals surface area contributed by atoms with Crippen molar-refractivity contribution in [2.75, 3.05) is 0 Å². The fourth-order valence-electron chi connectivity index (χ4n) is 2.22. The molecule has 0 unspecified atom stereocenters. The van der Waals surface area contributed by atoms with Crippen molar-refractivity contribution in [1.82, 2.24) is 0 Å². The van der Waals surface area contributed by atoms with Crippen LogP contribution in [0.25, 0.3) is 6.08 Å². The summed E-state index contributed by atoms with van der Waals surface area (Å²) in [6.45, 7) is 1.90. The molecule has 2 aromatic rings. The van der Waals surface area contributed by atoms with Gasteiger partial charge in [0, 0.05) is 17.7 Å². The summed E-state index contributed by atoms with van der Waals surface area (Å²) in [5.41, 5.74) is 2.26. The number of esters is 1.